The van der Waals surface area contributed by atoms with Crippen LogP contribution in [0.3, 0.4) is 0 Å². The Balaban J connectivity index is 3.44. The van der Waals surface area contributed by atoms with Gasteiger partial charge >= 0.3 is 11.4 Å². The Morgan fingerprint density at radius 3 is 1.50 bits per heavy atom. The molecule has 0 aromatic rings. The lowest BCUT2D eigenvalue weighted by molar-refractivity contribution is -0.203. The van der Waals surface area contributed by atoms with E-state index < -0.39 is 24.3 Å². The zero-order chi connectivity index (χ0) is 8.15. The summed E-state index contributed by atoms with van der Waals surface area (Å²) < 4.78 is 17.3. The lowest BCUT2D eigenvalue weighted by atomic mass is 11.4. The van der Waals surface area contributed by atoms with E-state index in [-0.39, 0.29) is 0 Å². The van der Waals surface area contributed by atoms with Gasteiger partial charge in [0.25, 0.3) is 13.0 Å². The van der Waals surface area contributed by atoms with Crippen LogP contribution in [0.1, 0.15) is 0 Å². The fraction of sp³-hybridized carbons (Fsp3) is 1.00. The van der Waals surface area contributed by atoms with Crippen LogP contribution in [0.25, 0.3) is 0 Å². The van der Waals surface area contributed by atoms with Crippen LogP contribution in [-0.2, 0) is 19.7 Å². The summed E-state index contributed by atoms with van der Waals surface area (Å²) in [6, 6.07) is 0. The first-order valence-corrected chi connectivity index (χ1v) is 3.00. The van der Waals surface area contributed by atoms with Gasteiger partial charge in [0.15, 0.2) is 0 Å². The summed E-state index contributed by atoms with van der Waals surface area (Å²) in [5.41, 5.74) is 0. The van der Waals surface area contributed by atoms with Crippen LogP contribution in [0.15, 0.2) is 0 Å². The van der Waals surface area contributed by atoms with Crippen molar-refractivity contribution in [1.82, 2.24) is 0 Å². The highest BCUT2D eigenvalue weighted by atomic mass is 32.2. The second-order valence-electron chi connectivity index (χ2n) is 1.05. The third-order valence-electron chi connectivity index (χ3n) is 0.329. The van der Waals surface area contributed by atoms with Gasteiger partial charge in [-0.3, -0.25) is 0 Å². The number of aliphatic hydroxyl groups is 4. The van der Waals surface area contributed by atoms with Crippen LogP contribution in [0.4, 0.5) is 0 Å². The largest absolute Gasteiger partial charge is 0.345 e. The summed E-state index contributed by atoms with van der Waals surface area (Å²) in [5.74, 6) is 0. The molecule has 0 atom stereocenters. The highest BCUT2D eigenvalue weighted by molar-refractivity contribution is 7.75. The summed E-state index contributed by atoms with van der Waals surface area (Å²) in [6.07, 6.45) is 0. The Hall–Kier alpha value is -0.0900. The van der Waals surface area contributed by atoms with Gasteiger partial charge in [-0.05, 0) is 0 Å². The van der Waals surface area contributed by atoms with E-state index in [4.69, 9.17) is 20.4 Å². The first kappa shape index (κ1) is 9.91. The van der Waals surface area contributed by atoms with Gasteiger partial charge in [-0.1, -0.05) is 0 Å². The lowest BCUT2D eigenvalue weighted by Crippen LogP contribution is -2.19. The highest BCUT2D eigenvalue weighted by Gasteiger charge is 2.09. The van der Waals surface area contributed by atoms with E-state index in [1.807, 2.05) is 0 Å². The quantitative estimate of drug-likeness (QED) is 0.338. The molecule has 62 valence electrons. The number of aliphatic hydroxyl groups excluding tert-OH is 2. The first-order valence-electron chi connectivity index (χ1n) is 2.00. The van der Waals surface area contributed by atoms with Gasteiger partial charge in [0.05, 0.1) is 0 Å². The molecule has 0 aromatic heterocycles. The number of rotatable bonds is 4. The standard InChI is InChI=1S/C2H6O7S/c3-1(4)8-10(7)9-2(5)6/h1-6H. The average Bonchev–Trinajstić information content (AvgIpc) is 1.58. The van der Waals surface area contributed by atoms with Crippen molar-refractivity contribution < 1.29 is 33.0 Å². The molecule has 0 radical (unpaired) electrons. The lowest BCUT2D eigenvalue weighted by Gasteiger charge is -2.04. The van der Waals surface area contributed by atoms with Crippen LogP contribution in [0.5, 0.6) is 0 Å². The molecular formula is C2H6O7S. The van der Waals surface area contributed by atoms with Gasteiger partial charge in [-0.15, -0.1) is 0 Å². The molecule has 0 saturated carbocycles. The highest BCUT2D eigenvalue weighted by Crippen LogP contribution is 1.93. The van der Waals surface area contributed by atoms with E-state index in [9.17, 15) is 4.21 Å². The van der Waals surface area contributed by atoms with E-state index in [1.54, 1.807) is 0 Å². The molecule has 8 heteroatoms. The van der Waals surface area contributed by atoms with Crippen molar-refractivity contribution in [2.24, 2.45) is 0 Å². The Morgan fingerprint density at radius 2 is 1.30 bits per heavy atom. The van der Waals surface area contributed by atoms with E-state index in [2.05, 4.69) is 8.37 Å². The Bertz CT molecular complexity index is 98.2. The minimum atomic E-state index is -2.58. The fourth-order valence-corrected chi connectivity index (χ4v) is 0.490. The molecule has 7 nitrogen and oxygen atoms in total. The normalized spacial score (nSPS) is 11.9. The molecule has 0 amide bonds. The van der Waals surface area contributed by atoms with Gasteiger partial charge in [-0.25, -0.2) is 8.37 Å². The van der Waals surface area contributed by atoms with Crippen molar-refractivity contribution in [1.29, 1.82) is 0 Å². The predicted molar refractivity (Wildman–Crippen MR) is 26.8 cm³/mol. The van der Waals surface area contributed by atoms with E-state index in [0.717, 1.165) is 0 Å². The molecule has 0 spiro atoms. The van der Waals surface area contributed by atoms with Gasteiger partial charge in [0, 0.05) is 0 Å². The minimum absolute atomic E-state index is 2.28. The van der Waals surface area contributed by atoms with Crippen molar-refractivity contribution in [2.45, 2.75) is 13.0 Å². The Morgan fingerprint density at radius 1 is 1.00 bits per heavy atom. The summed E-state index contributed by atoms with van der Waals surface area (Å²) in [6.45, 7) is -4.56. The van der Waals surface area contributed by atoms with Crippen molar-refractivity contribution in [3.63, 3.8) is 0 Å². The maximum absolute atomic E-state index is 10.1. The smallest absolute Gasteiger partial charge is 0.313 e. The molecule has 0 aliphatic carbocycles. The fourth-order valence-electron chi connectivity index (χ4n) is 0.163. The Labute approximate surface area is 58.3 Å². The second-order valence-corrected chi connectivity index (χ2v) is 1.84. The number of hydrogen-bond acceptors (Lipinski definition) is 7. The molecule has 0 aromatic carbocycles. The summed E-state index contributed by atoms with van der Waals surface area (Å²) in [7, 11) is 0. The zero-order valence-electron chi connectivity index (χ0n) is 4.58. The minimum Gasteiger partial charge on any atom is -0.345 e. The van der Waals surface area contributed by atoms with Gasteiger partial charge in [0.1, 0.15) is 0 Å². The van der Waals surface area contributed by atoms with Gasteiger partial charge < -0.3 is 20.4 Å². The maximum atomic E-state index is 10.1. The van der Waals surface area contributed by atoms with Crippen molar-refractivity contribution >= 4 is 11.4 Å². The third-order valence-corrected chi connectivity index (χ3v) is 0.988. The molecule has 4 N–H and O–H groups in total. The van der Waals surface area contributed by atoms with E-state index in [1.165, 1.54) is 0 Å². The molecule has 0 aliphatic heterocycles. The summed E-state index contributed by atoms with van der Waals surface area (Å²) in [5, 5.41) is 31.7. The van der Waals surface area contributed by atoms with Crippen molar-refractivity contribution in [2.75, 3.05) is 0 Å². The molecule has 0 unspecified atom stereocenters. The van der Waals surface area contributed by atoms with Crippen LogP contribution in [0.2, 0.25) is 0 Å². The molecule has 0 bridgehead atoms. The van der Waals surface area contributed by atoms with E-state index in [0.29, 0.717) is 0 Å². The molecule has 0 heterocycles. The number of hydrogen-bond donors (Lipinski definition) is 4. The summed E-state index contributed by atoms with van der Waals surface area (Å²) in [4.78, 5) is 0. The van der Waals surface area contributed by atoms with Crippen LogP contribution in [-0.4, -0.2) is 37.6 Å². The SMILES string of the molecule is O=S(OC(O)O)OC(O)O. The monoisotopic (exact) mass is 174 g/mol. The van der Waals surface area contributed by atoms with Gasteiger partial charge in [0.2, 0.25) is 0 Å². The predicted octanol–water partition coefficient (Wildman–Crippen LogP) is -2.87. The molecule has 0 rings (SSSR count). The topological polar surface area (TPSA) is 116 Å². The molecule has 10 heavy (non-hydrogen) atoms. The molecular weight excluding hydrogens is 168 g/mol. The molecule has 0 fully saturated rings. The maximum Gasteiger partial charge on any atom is 0.313 e. The third kappa shape index (κ3) is 6.04. The first-order chi connectivity index (χ1) is 4.52. The second kappa shape index (κ2) is 4.68. The van der Waals surface area contributed by atoms with Crippen LogP contribution < -0.4 is 0 Å². The van der Waals surface area contributed by atoms with Gasteiger partial charge in [-0.2, -0.15) is 4.21 Å². The van der Waals surface area contributed by atoms with Crippen LogP contribution >= 0.6 is 0 Å². The molecule has 0 saturated heterocycles. The molecule has 0 aliphatic rings. The average molecular weight is 174 g/mol. The van der Waals surface area contributed by atoms with E-state index >= 15 is 0 Å². The Kier molecular flexibility index (Phi) is 4.64. The van der Waals surface area contributed by atoms with Crippen molar-refractivity contribution in [3.05, 3.63) is 0 Å². The van der Waals surface area contributed by atoms with Crippen molar-refractivity contribution in [3.8, 4) is 0 Å². The zero-order valence-corrected chi connectivity index (χ0v) is 5.39. The van der Waals surface area contributed by atoms with Crippen LogP contribution in [0, 0.1) is 0 Å². The summed E-state index contributed by atoms with van der Waals surface area (Å²) >= 11 is -2.58.